The molecule has 102 valence electrons. The normalized spacial score (nSPS) is 10.7. The summed E-state index contributed by atoms with van der Waals surface area (Å²) in [5.41, 5.74) is 1.03. The molecule has 3 nitrogen and oxygen atoms in total. The van der Waals surface area contributed by atoms with E-state index in [1.807, 2.05) is 20.0 Å². The second-order valence-corrected chi connectivity index (χ2v) is 4.19. The van der Waals surface area contributed by atoms with Gasteiger partial charge in [0.25, 0.3) is 0 Å². The molecular weight excluding hydrogens is 252 g/mol. The molecule has 0 amide bonds. The van der Waals surface area contributed by atoms with Crippen LogP contribution in [-0.4, -0.2) is 7.05 Å². The van der Waals surface area contributed by atoms with Crippen LogP contribution in [-0.2, 0) is 13.2 Å². The van der Waals surface area contributed by atoms with Crippen LogP contribution >= 0.6 is 0 Å². The SMILES string of the molecule is CNCc1cc(COc2ccc(F)cc2F)oc1C. The molecule has 0 saturated carbocycles. The monoisotopic (exact) mass is 267 g/mol. The summed E-state index contributed by atoms with van der Waals surface area (Å²) in [4.78, 5) is 0. The van der Waals surface area contributed by atoms with Gasteiger partial charge in [-0.1, -0.05) is 0 Å². The molecule has 0 radical (unpaired) electrons. The van der Waals surface area contributed by atoms with E-state index in [1.165, 1.54) is 6.07 Å². The predicted molar refractivity (Wildman–Crippen MR) is 66.9 cm³/mol. The van der Waals surface area contributed by atoms with Gasteiger partial charge in [-0.2, -0.15) is 0 Å². The number of halogens is 2. The first kappa shape index (κ1) is 13.5. The first-order valence-electron chi connectivity index (χ1n) is 5.91. The van der Waals surface area contributed by atoms with Gasteiger partial charge in [0.1, 0.15) is 23.9 Å². The van der Waals surface area contributed by atoms with Gasteiger partial charge in [0.05, 0.1) is 0 Å². The van der Waals surface area contributed by atoms with Gasteiger partial charge >= 0.3 is 0 Å². The predicted octanol–water partition coefficient (Wildman–Crippen LogP) is 3.16. The number of hydrogen-bond donors (Lipinski definition) is 1. The molecule has 0 unspecified atom stereocenters. The van der Waals surface area contributed by atoms with Crippen LogP contribution in [0.5, 0.6) is 5.75 Å². The Morgan fingerprint density at radius 2 is 2.05 bits per heavy atom. The van der Waals surface area contributed by atoms with Crippen LogP contribution in [0.3, 0.4) is 0 Å². The summed E-state index contributed by atoms with van der Waals surface area (Å²) in [6.45, 7) is 2.65. The van der Waals surface area contributed by atoms with Gasteiger partial charge in [-0.25, -0.2) is 8.78 Å². The van der Waals surface area contributed by atoms with Gasteiger partial charge in [0.2, 0.25) is 0 Å². The molecule has 0 atom stereocenters. The first-order chi connectivity index (χ1) is 9.10. The highest BCUT2D eigenvalue weighted by Crippen LogP contribution is 2.21. The zero-order chi connectivity index (χ0) is 13.8. The largest absolute Gasteiger partial charge is 0.483 e. The second-order valence-electron chi connectivity index (χ2n) is 4.19. The lowest BCUT2D eigenvalue weighted by Gasteiger charge is -2.05. The number of hydrogen-bond acceptors (Lipinski definition) is 3. The molecule has 0 aliphatic heterocycles. The van der Waals surface area contributed by atoms with Crippen molar-refractivity contribution in [3.63, 3.8) is 0 Å². The van der Waals surface area contributed by atoms with Gasteiger partial charge in [0.15, 0.2) is 11.6 Å². The van der Waals surface area contributed by atoms with Crippen LogP contribution in [0.1, 0.15) is 17.1 Å². The lowest BCUT2D eigenvalue weighted by atomic mass is 10.2. The second kappa shape index (κ2) is 5.84. The number of benzene rings is 1. The first-order valence-corrected chi connectivity index (χ1v) is 5.91. The van der Waals surface area contributed by atoms with Crippen LogP contribution in [0.4, 0.5) is 8.78 Å². The zero-order valence-electron chi connectivity index (χ0n) is 10.8. The average Bonchev–Trinajstić information content (AvgIpc) is 2.70. The van der Waals surface area contributed by atoms with Gasteiger partial charge in [-0.3, -0.25) is 0 Å². The van der Waals surface area contributed by atoms with E-state index in [2.05, 4.69) is 5.32 Å². The van der Waals surface area contributed by atoms with Crippen molar-refractivity contribution >= 4 is 0 Å². The smallest absolute Gasteiger partial charge is 0.167 e. The molecule has 0 aliphatic carbocycles. The van der Waals surface area contributed by atoms with Crippen molar-refractivity contribution in [2.45, 2.75) is 20.1 Å². The molecule has 1 aromatic carbocycles. The molecule has 5 heteroatoms. The quantitative estimate of drug-likeness (QED) is 0.903. The van der Waals surface area contributed by atoms with E-state index in [4.69, 9.17) is 9.15 Å². The molecule has 0 bridgehead atoms. The Morgan fingerprint density at radius 3 is 2.74 bits per heavy atom. The molecule has 0 spiro atoms. The Balaban J connectivity index is 2.04. The number of nitrogens with one attached hydrogen (secondary N) is 1. The minimum atomic E-state index is -0.723. The molecule has 1 N–H and O–H groups in total. The van der Waals surface area contributed by atoms with Crippen molar-refractivity contribution in [2.24, 2.45) is 0 Å². The Morgan fingerprint density at radius 1 is 1.26 bits per heavy atom. The maximum absolute atomic E-state index is 13.4. The summed E-state index contributed by atoms with van der Waals surface area (Å²) in [6.07, 6.45) is 0. The fourth-order valence-electron chi connectivity index (χ4n) is 1.77. The van der Waals surface area contributed by atoms with Crippen LogP contribution in [0, 0.1) is 18.6 Å². The number of furan rings is 1. The van der Waals surface area contributed by atoms with E-state index in [-0.39, 0.29) is 12.4 Å². The van der Waals surface area contributed by atoms with Crippen LogP contribution in [0.2, 0.25) is 0 Å². The van der Waals surface area contributed by atoms with Crippen LogP contribution in [0.25, 0.3) is 0 Å². The van der Waals surface area contributed by atoms with E-state index in [0.717, 1.165) is 23.5 Å². The summed E-state index contributed by atoms with van der Waals surface area (Å²) in [5, 5.41) is 3.02. The Bertz CT molecular complexity index is 567. The third-order valence-corrected chi connectivity index (χ3v) is 2.70. The third-order valence-electron chi connectivity index (χ3n) is 2.70. The molecule has 0 aliphatic rings. The Hall–Kier alpha value is -1.88. The lowest BCUT2D eigenvalue weighted by Crippen LogP contribution is -2.04. The van der Waals surface area contributed by atoms with Gasteiger partial charge in [-0.15, -0.1) is 0 Å². The maximum Gasteiger partial charge on any atom is 0.167 e. The van der Waals surface area contributed by atoms with Crippen LogP contribution in [0.15, 0.2) is 28.7 Å². The van der Waals surface area contributed by atoms with Crippen molar-refractivity contribution in [3.8, 4) is 5.75 Å². The number of ether oxygens (including phenoxy) is 1. The van der Waals surface area contributed by atoms with Crippen molar-refractivity contribution in [2.75, 3.05) is 7.05 Å². The van der Waals surface area contributed by atoms with Gasteiger partial charge in [0, 0.05) is 18.2 Å². The Labute approximate surface area is 110 Å². The summed E-state index contributed by atoms with van der Waals surface area (Å²) in [5.74, 6) is 0.0540. The Kier molecular flexibility index (Phi) is 4.16. The van der Waals surface area contributed by atoms with Gasteiger partial charge in [-0.05, 0) is 32.2 Å². The number of aryl methyl sites for hydroxylation is 1. The van der Waals surface area contributed by atoms with Crippen molar-refractivity contribution < 1.29 is 17.9 Å². The van der Waals surface area contributed by atoms with Crippen LogP contribution < -0.4 is 10.1 Å². The van der Waals surface area contributed by atoms with E-state index in [9.17, 15) is 8.78 Å². The minimum absolute atomic E-state index is 0.00520. The molecule has 19 heavy (non-hydrogen) atoms. The summed E-state index contributed by atoms with van der Waals surface area (Å²) >= 11 is 0. The summed E-state index contributed by atoms with van der Waals surface area (Å²) in [6, 6.07) is 5.05. The summed E-state index contributed by atoms with van der Waals surface area (Å²) < 4.78 is 36.8. The molecule has 0 saturated heterocycles. The molecule has 1 heterocycles. The van der Waals surface area contributed by atoms with Gasteiger partial charge < -0.3 is 14.5 Å². The highest BCUT2D eigenvalue weighted by Gasteiger charge is 2.09. The fourth-order valence-corrected chi connectivity index (χ4v) is 1.77. The van der Waals surface area contributed by atoms with Crippen molar-refractivity contribution in [1.82, 2.24) is 5.32 Å². The van der Waals surface area contributed by atoms with E-state index in [0.29, 0.717) is 12.3 Å². The lowest BCUT2D eigenvalue weighted by molar-refractivity contribution is 0.255. The topological polar surface area (TPSA) is 34.4 Å². The standard InChI is InChI=1S/C14H15F2NO2/c1-9-10(7-17-2)5-12(19-9)8-18-14-4-3-11(15)6-13(14)16/h3-6,17H,7-8H2,1-2H3. The molecule has 2 rings (SSSR count). The fraction of sp³-hybridized carbons (Fsp3) is 0.286. The highest BCUT2D eigenvalue weighted by atomic mass is 19.1. The highest BCUT2D eigenvalue weighted by molar-refractivity contribution is 5.25. The van der Waals surface area contributed by atoms with E-state index < -0.39 is 11.6 Å². The average molecular weight is 267 g/mol. The molecule has 2 aromatic rings. The minimum Gasteiger partial charge on any atom is -0.483 e. The zero-order valence-corrected chi connectivity index (χ0v) is 10.8. The maximum atomic E-state index is 13.4. The van der Waals surface area contributed by atoms with Crippen molar-refractivity contribution in [1.29, 1.82) is 0 Å². The third kappa shape index (κ3) is 3.32. The van der Waals surface area contributed by atoms with Crippen molar-refractivity contribution in [3.05, 3.63) is 53.0 Å². The molecule has 0 fully saturated rings. The summed E-state index contributed by atoms with van der Waals surface area (Å²) in [7, 11) is 1.84. The number of rotatable bonds is 5. The molecular formula is C14H15F2NO2. The van der Waals surface area contributed by atoms with E-state index >= 15 is 0 Å². The van der Waals surface area contributed by atoms with E-state index in [1.54, 1.807) is 0 Å². The molecule has 1 aromatic heterocycles.